The molecule has 0 saturated carbocycles. The lowest BCUT2D eigenvalue weighted by Crippen LogP contribution is -2.40. The summed E-state index contributed by atoms with van der Waals surface area (Å²) >= 11 is 0. The Bertz CT molecular complexity index is 628. The Hall–Kier alpha value is -2.63. The normalized spacial score (nSPS) is 23.9. The third-order valence-corrected chi connectivity index (χ3v) is 3.93. The average Bonchev–Trinajstić information content (AvgIpc) is 2.60. The number of ether oxygens (including phenoxy) is 1. The smallest absolute Gasteiger partial charge is 0.328 e. The highest BCUT2D eigenvalue weighted by Gasteiger charge is 2.21. The molecule has 25 heavy (non-hydrogen) atoms. The summed E-state index contributed by atoms with van der Waals surface area (Å²) in [7, 11) is 0. The number of nitrogens with one attached hydrogen (secondary N) is 2. The van der Waals surface area contributed by atoms with Crippen molar-refractivity contribution in [1.82, 2.24) is 10.6 Å². The van der Waals surface area contributed by atoms with Crippen LogP contribution in [0.5, 0.6) is 0 Å². The van der Waals surface area contributed by atoms with Crippen LogP contribution in [0.1, 0.15) is 44.2 Å². The van der Waals surface area contributed by atoms with E-state index in [1.807, 2.05) is 36.4 Å². The highest BCUT2D eigenvalue weighted by molar-refractivity contribution is 5.83. The van der Waals surface area contributed by atoms with Gasteiger partial charge in [-0.05, 0) is 18.4 Å². The molecule has 134 valence electrons. The minimum Gasteiger partial charge on any atom is -0.464 e. The number of allylic oxidation sites excluding steroid dienone is 1. The van der Waals surface area contributed by atoms with Crippen molar-refractivity contribution in [3.05, 3.63) is 48.0 Å². The molecule has 1 aromatic rings. The fourth-order valence-corrected chi connectivity index (χ4v) is 2.68. The summed E-state index contributed by atoms with van der Waals surface area (Å²) in [5.74, 6) is -0.779. The van der Waals surface area contributed by atoms with Gasteiger partial charge in [0.05, 0.1) is 12.6 Å². The average molecular weight is 344 g/mol. The molecule has 6 nitrogen and oxygen atoms in total. The Balaban J connectivity index is 2.10. The Labute approximate surface area is 147 Å². The number of esters is 1. The maximum Gasteiger partial charge on any atom is 0.328 e. The lowest BCUT2D eigenvalue weighted by atomic mass is 10.0. The molecule has 2 atom stereocenters. The first kappa shape index (κ1) is 18.7. The van der Waals surface area contributed by atoms with E-state index in [1.54, 1.807) is 6.08 Å². The molecule has 1 heterocycles. The van der Waals surface area contributed by atoms with Crippen LogP contribution in [0, 0.1) is 0 Å². The number of carbonyl (C=O) groups is 3. The van der Waals surface area contributed by atoms with Crippen LogP contribution >= 0.6 is 0 Å². The van der Waals surface area contributed by atoms with Crippen molar-refractivity contribution < 1.29 is 19.1 Å². The Kier molecular flexibility index (Phi) is 7.19. The molecule has 0 bridgehead atoms. The molecule has 6 heteroatoms. The number of carbonyl (C=O) groups excluding carboxylic acids is 3. The highest BCUT2D eigenvalue weighted by atomic mass is 16.5. The molecule has 0 aromatic heterocycles. The van der Waals surface area contributed by atoms with Crippen LogP contribution in [-0.4, -0.2) is 30.4 Å². The maximum atomic E-state index is 12.2. The van der Waals surface area contributed by atoms with E-state index >= 15 is 0 Å². The van der Waals surface area contributed by atoms with Crippen molar-refractivity contribution in [1.29, 1.82) is 0 Å². The van der Waals surface area contributed by atoms with Crippen LogP contribution in [-0.2, 0) is 19.1 Å². The van der Waals surface area contributed by atoms with Crippen molar-refractivity contribution >= 4 is 17.8 Å². The zero-order chi connectivity index (χ0) is 18.1. The predicted octanol–water partition coefficient (Wildman–Crippen LogP) is 2.02. The second-order valence-electron chi connectivity index (χ2n) is 5.99. The molecular formula is C19H24N2O4. The van der Waals surface area contributed by atoms with Crippen molar-refractivity contribution in [3.63, 3.8) is 0 Å². The summed E-state index contributed by atoms with van der Waals surface area (Å²) in [6.07, 6.45) is 5.41. The van der Waals surface area contributed by atoms with Crippen LogP contribution in [0.25, 0.3) is 0 Å². The van der Waals surface area contributed by atoms with E-state index in [0.717, 1.165) is 5.56 Å². The third kappa shape index (κ3) is 6.41. The highest BCUT2D eigenvalue weighted by Crippen LogP contribution is 2.17. The molecule has 1 aliphatic heterocycles. The number of benzene rings is 1. The molecule has 2 amide bonds. The summed E-state index contributed by atoms with van der Waals surface area (Å²) < 4.78 is 5.32. The van der Waals surface area contributed by atoms with Crippen molar-refractivity contribution in [2.75, 3.05) is 6.61 Å². The van der Waals surface area contributed by atoms with Crippen LogP contribution in [0.15, 0.2) is 42.5 Å². The minimum atomic E-state index is -0.701. The molecule has 0 saturated heterocycles. The predicted molar refractivity (Wildman–Crippen MR) is 93.5 cm³/mol. The molecule has 0 radical (unpaired) electrons. The minimum absolute atomic E-state index is 0.0394. The zero-order valence-corrected chi connectivity index (χ0v) is 14.4. The van der Waals surface area contributed by atoms with Gasteiger partial charge in [-0.1, -0.05) is 42.5 Å². The van der Waals surface area contributed by atoms with Gasteiger partial charge in [-0.25, -0.2) is 4.79 Å². The lowest BCUT2D eigenvalue weighted by Gasteiger charge is -2.20. The second-order valence-corrected chi connectivity index (χ2v) is 5.99. The van der Waals surface area contributed by atoms with E-state index in [1.165, 1.54) is 6.92 Å². The van der Waals surface area contributed by atoms with Gasteiger partial charge in [0.15, 0.2) is 0 Å². The molecule has 0 unspecified atom stereocenters. The molecule has 0 fully saturated rings. The van der Waals surface area contributed by atoms with Crippen molar-refractivity contribution in [2.45, 2.75) is 44.7 Å². The van der Waals surface area contributed by atoms with E-state index in [9.17, 15) is 14.4 Å². The van der Waals surface area contributed by atoms with Crippen LogP contribution in [0.3, 0.4) is 0 Å². The lowest BCUT2D eigenvalue weighted by molar-refractivity contribution is -0.147. The number of hydrogen-bond donors (Lipinski definition) is 2. The monoisotopic (exact) mass is 344 g/mol. The number of rotatable bonds is 2. The largest absolute Gasteiger partial charge is 0.464 e. The summed E-state index contributed by atoms with van der Waals surface area (Å²) in [5, 5.41) is 5.60. The molecule has 1 aliphatic rings. The Morgan fingerprint density at radius 2 is 1.96 bits per heavy atom. The first-order chi connectivity index (χ1) is 12.1. The zero-order valence-electron chi connectivity index (χ0n) is 14.4. The number of hydrogen-bond acceptors (Lipinski definition) is 4. The summed E-state index contributed by atoms with van der Waals surface area (Å²) in [6, 6.07) is 8.68. The fourth-order valence-electron chi connectivity index (χ4n) is 2.68. The number of amides is 2. The van der Waals surface area contributed by atoms with E-state index in [2.05, 4.69) is 10.6 Å². The summed E-state index contributed by atoms with van der Waals surface area (Å²) in [5.41, 5.74) is 0.968. The summed E-state index contributed by atoms with van der Waals surface area (Å²) in [6.45, 7) is 1.53. The van der Waals surface area contributed by atoms with E-state index in [4.69, 9.17) is 4.74 Å². The Morgan fingerprint density at radius 1 is 1.20 bits per heavy atom. The van der Waals surface area contributed by atoms with Gasteiger partial charge in [-0.3, -0.25) is 9.59 Å². The third-order valence-electron chi connectivity index (χ3n) is 3.93. The van der Waals surface area contributed by atoms with E-state index in [0.29, 0.717) is 25.7 Å². The van der Waals surface area contributed by atoms with Crippen molar-refractivity contribution in [2.24, 2.45) is 0 Å². The molecule has 2 rings (SSSR count). The second kappa shape index (κ2) is 9.61. The summed E-state index contributed by atoms with van der Waals surface area (Å²) in [4.78, 5) is 35.6. The van der Waals surface area contributed by atoms with Gasteiger partial charge in [0, 0.05) is 19.8 Å². The van der Waals surface area contributed by atoms with Crippen LogP contribution in [0.2, 0.25) is 0 Å². The van der Waals surface area contributed by atoms with Gasteiger partial charge >= 0.3 is 5.97 Å². The molecular weight excluding hydrogens is 320 g/mol. The maximum absolute atomic E-state index is 12.2. The molecule has 2 N–H and O–H groups in total. The first-order valence-electron chi connectivity index (χ1n) is 8.49. The van der Waals surface area contributed by atoms with Gasteiger partial charge in [0.25, 0.3) is 0 Å². The van der Waals surface area contributed by atoms with Gasteiger partial charge in [-0.2, -0.15) is 0 Å². The quantitative estimate of drug-likeness (QED) is 0.635. The standard InChI is InChI=1S/C19H24N2O4/c1-14(22)20-17-10-6-3-7-11-18(23)21-16(12-13-25-19(17)24)15-8-4-2-5-9-15/h2-6,8-9,16-17H,7,10-13H2,1H3,(H,20,22)(H,21,23)/b6-3+/t16-,17+/m0/s1. The van der Waals surface area contributed by atoms with E-state index in [-0.39, 0.29) is 24.5 Å². The van der Waals surface area contributed by atoms with Crippen LogP contribution < -0.4 is 10.6 Å². The molecule has 0 aliphatic carbocycles. The van der Waals surface area contributed by atoms with Gasteiger partial charge < -0.3 is 15.4 Å². The van der Waals surface area contributed by atoms with Gasteiger partial charge in [0.1, 0.15) is 6.04 Å². The molecule has 0 spiro atoms. The first-order valence-corrected chi connectivity index (χ1v) is 8.49. The SMILES string of the molecule is CC(=O)N[C@@H]1C/C=C/CCC(=O)N[C@H](c2ccccc2)CCOC1=O. The topological polar surface area (TPSA) is 84.5 Å². The van der Waals surface area contributed by atoms with Crippen LogP contribution in [0.4, 0.5) is 0 Å². The van der Waals surface area contributed by atoms with Gasteiger partial charge in [0.2, 0.25) is 11.8 Å². The molecule has 1 aromatic carbocycles. The Morgan fingerprint density at radius 3 is 2.68 bits per heavy atom. The van der Waals surface area contributed by atoms with Crippen molar-refractivity contribution in [3.8, 4) is 0 Å². The van der Waals surface area contributed by atoms with Gasteiger partial charge in [-0.15, -0.1) is 0 Å². The number of cyclic esters (lactones) is 1. The van der Waals surface area contributed by atoms with E-state index < -0.39 is 12.0 Å². The fraction of sp³-hybridized carbons (Fsp3) is 0.421.